The summed E-state index contributed by atoms with van der Waals surface area (Å²) in [5.74, 6) is -0.483. The number of rotatable bonds is 6. The Morgan fingerprint density at radius 3 is 2.36 bits per heavy atom. The fourth-order valence-electron chi connectivity index (χ4n) is 2.82. The van der Waals surface area contributed by atoms with Gasteiger partial charge in [-0.15, -0.1) is 0 Å². The van der Waals surface area contributed by atoms with Crippen LogP contribution in [0.3, 0.4) is 0 Å². The number of amides is 2. The molecule has 1 aliphatic rings. The van der Waals surface area contributed by atoms with Crippen molar-refractivity contribution in [2.75, 3.05) is 38.6 Å². The number of nitrogens with one attached hydrogen (secondary N) is 2. The van der Waals surface area contributed by atoms with Crippen molar-refractivity contribution >= 4 is 23.5 Å². The van der Waals surface area contributed by atoms with Gasteiger partial charge in [-0.1, -0.05) is 0 Å². The van der Waals surface area contributed by atoms with Gasteiger partial charge in [0.2, 0.25) is 5.91 Å². The Labute approximate surface area is 147 Å². The van der Waals surface area contributed by atoms with Crippen LogP contribution in [-0.4, -0.2) is 56.0 Å². The molecule has 2 amide bonds. The van der Waals surface area contributed by atoms with Gasteiger partial charge in [0.25, 0.3) is 5.91 Å². The van der Waals surface area contributed by atoms with Gasteiger partial charge in [-0.05, 0) is 51.1 Å². The number of nitrogens with zero attached hydrogens (tertiary/aromatic N) is 1. The van der Waals surface area contributed by atoms with Crippen LogP contribution < -0.4 is 10.6 Å². The van der Waals surface area contributed by atoms with Crippen molar-refractivity contribution in [1.82, 2.24) is 10.2 Å². The zero-order valence-electron chi connectivity index (χ0n) is 14.7. The lowest BCUT2D eigenvalue weighted by atomic mass is 9.96. The third-order valence-corrected chi connectivity index (χ3v) is 4.16. The van der Waals surface area contributed by atoms with Crippen LogP contribution in [0.25, 0.3) is 0 Å². The van der Waals surface area contributed by atoms with E-state index in [0.29, 0.717) is 43.8 Å². The summed E-state index contributed by atoms with van der Waals surface area (Å²) in [7, 11) is 1.70. The van der Waals surface area contributed by atoms with E-state index < -0.39 is 0 Å². The predicted molar refractivity (Wildman–Crippen MR) is 94.3 cm³/mol. The number of hydrogen-bond acceptors (Lipinski definition) is 5. The van der Waals surface area contributed by atoms with Crippen molar-refractivity contribution in [3.63, 3.8) is 0 Å². The average molecular weight is 347 g/mol. The zero-order chi connectivity index (χ0) is 18.2. The second-order valence-electron chi connectivity index (χ2n) is 5.97. The van der Waals surface area contributed by atoms with E-state index >= 15 is 0 Å². The number of piperidine rings is 1. The molecule has 2 rings (SSSR count). The normalized spacial score (nSPS) is 14.9. The third kappa shape index (κ3) is 5.29. The molecule has 1 aromatic rings. The van der Waals surface area contributed by atoms with E-state index in [1.165, 1.54) is 0 Å². The Bertz CT molecular complexity index is 607. The summed E-state index contributed by atoms with van der Waals surface area (Å²) in [5, 5.41) is 5.51. The second kappa shape index (κ2) is 9.17. The molecular formula is C18H25N3O4. The molecule has 0 spiro atoms. The molecule has 0 unspecified atom stereocenters. The van der Waals surface area contributed by atoms with Crippen LogP contribution in [0.4, 0.5) is 5.69 Å². The van der Waals surface area contributed by atoms with Gasteiger partial charge in [0.1, 0.15) is 0 Å². The van der Waals surface area contributed by atoms with Crippen molar-refractivity contribution in [2.24, 2.45) is 5.92 Å². The van der Waals surface area contributed by atoms with E-state index in [-0.39, 0.29) is 30.2 Å². The topological polar surface area (TPSA) is 87.7 Å². The Kier molecular flexibility index (Phi) is 6.94. The maximum Gasteiger partial charge on any atom is 0.309 e. The van der Waals surface area contributed by atoms with Crippen LogP contribution in [0.15, 0.2) is 24.3 Å². The highest BCUT2D eigenvalue weighted by atomic mass is 16.5. The van der Waals surface area contributed by atoms with Gasteiger partial charge in [-0.2, -0.15) is 0 Å². The molecule has 7 heteroatoms. The summed E-state index contributed by atoms with van der Waals surface area (Å²) in [6.45, 7) is 3.50. The minimum absolute atomic E-state index is 0.0598. The monoisotopic (exact) mass is 347 g/mol. The number of carbonyl (C=O) groups is 3. The van der Waals surface area contributed by atoms with Gasteiger partial charge in [-0.3, -0.25) is 14.4 Å². The van der Waals surface area contributed by atoms with Crippen molar-refractivity contribution in [3.05, 3.63) is 29.8 Å². The summed E-state index contributed by atoms with van der Waals surface area (Å²) in [5.41, 5.74) is 1.22. The molecule has 0 aliphatic carbocycles. The SMILES string of the molecule is CCOC(=O)C1CCN(C(=O)c2ccc(NC(=O)CNC)cc2)CC1. The summed E-state index contributed by atoms with van der Waals surface area (Å²) in [6, 6.07) is 6.84. The van der Waals surface area contributed by atoms with Crippen LogP contribution in [0.1, 0.15) is 30.1 Å². The highest BCUT2D eigenvalue weighted by Gasteiger charge is 2.28. The molecule has 1 fully saturated rings. The summed E-state index contributed by atoms with van der Waals surface area (Å²) in [6.07, 6.45) is 1.26. The van der Waals surface area contributed by atoms with Crippen molar-refractivity contribution in [1.29, 1.82) is 0 Å². The second-order valence-corrected chi connectivity index (χ2v) is 5.97. The van der Waals surface area contributed by atoms with E-state index in [2.05, 4.69) is 10.6 Å². The molecule has 0 saturated carbocycles. The Balaban J connectivity index is 1.89. The Hall–Kier alpha value is -2.41. The largest absolute Gasteiger partial charge is 0.466 e. The van der Waals surface area contributed by atoms with Crippen LogP contribution in [0, 0.1) is 5.92 Å². The van der Waals surface area contributed by atoms with Crippen LogP contribution in [-0.2, 0) is 14.3 Å². The summed E-state index contributed by atoms with van der Waals surface area (Å²) in [4.78, 5) is 37.6. The van der Waals surface area contributed by atoms with E-state index in [9.17, 15) is 14.4 Å². The molecule has 7 nitrogen and oxygen atoms in total. The number of carbonyl (C=O) groups excluding carboxylic acids is 3. The van der Waals surface area contributed by atoms with E-state index in [0.717, 1.165) is 0 Å². The van der Waals surface area contributed by atoms with Crippen LogP contribution in [0.5, 0.6) is 0 Å². The molecule has 0 bridgehead atoms. The van der Waals surface area contributed by atoms with E-state index in [4.69, 9.17) is 4.74 Å². The predicted octanol–water partition coefficient (Wildman–Crippen LogP) is 1.26. The van der Waals surface area contributed by atoms with E-state index in [1.54, 1.807) is 43.1 Å². The minimum Gasteiger partial charge on any atom is -0.466 e. The molecule has 1 saturated heterocycles. The molecule has 1 heterocycles. The first-order valence-electron chi connectivity index (χ1n) is 8.55. The van der Waals surface area contributed by atoms with Gasteiger partial charge in [-0.25, -0.2) is 0 Å². The van der Waals surface area contributed by atoms with Crippen LogP contribution >= 0.6 is 0 Å². The number of hydrogen-bond donors (Lipinski definition) is 2. The maximum atomic E-state index is 12.6. The first-order valence-corrected chi connectivity index (χ1v) is 8.55. The molecule has 0 atom stereocenters. The summed E-state index contributed by atoms with van der Waals surface area (Å²) >= 11 is 0. The van der Waals surface area contributed by atoms with Gasteiger partial charge in [0, 0.05) is 24.3 Å². The maximum absolute atomic E-state index is 12.6. The number of benzene rings is 1. The van der Waals surface area contributed by atoms with E-state index in [1.807, 2.05) is 0 Å². The molecule has 25 heavy (non-hydrogen) atoms. The summed E-state index contributed by atoms with van der Waals surface area (Å²) < 4.78 is 5.04. The molecule has 1 aromatic carbocycles. The molecule has 2 N–H and O–H groups in total. The number of likely N-dealkylation sites (N-methyl/N-ethyl adjacent to an activating group) is 1. The number of likely N-dealkylation sites (tertiary alicyclic amines) is 1. The smallest absolute Gasteiger partial charge is 0.309 e. The van der Waals surface area contributed by atoms with Gasteiger partial charge < -0.3 is 20.3 Å². The molecule has 136 valence electrons. The lowest BCUT2D eigenvalue weighted by molar-refractivity contribution is -0.149. The minimum atomic E-state index is -0.170. The number of anilines is 1. The number of esters is 1. The van der Waals surface area contributed by atoms with Gasteiger partial charge in [0.15, 0.2) is 0 Å². The lowest BCUT2D eigenvalue weighted by Gasteiger charge is -2.31. The molecular weight excluding hydrogens is 322 g/mol. The first-order chi connectivity index (χ1) is 12.0. The van der Waals surface area contributed by atoms with Crippen LogP contribution in [0.2, 0.25) is 0 Å². The standard InChI is InChI=1S/C18H25N3O4/c1-3-25-18(24)14-8-10-21(11-9-14)17(23)13-4-6-15(7-5-13)20-16(22)12-19-2/h4-7,14,19H,3,8-12H2,1-2H3,(H,20,22). The van der Waals surface area contributed by atoms with Crippen molar-refractivity contribution in [2.45, 2.75) is 19.8 Å². The average Bonchev–Trinajstić information content (AvgIpc) is 2.62. The zero-order valence-corrected chi connectivity index (χ0v) is 14.7. The third-order valence-electron chi connectivity index (χ3n) is 4.16. The molecule has 1 aliphatic heterocycles. The fraction of sp³-hybridized carbons (Fsp3) is 0.500. The lowest BCUT2D eigenvalue weighted by Crippen LogP contribution is -2.40. The van der Waals surface area contributed by atoms with Gasteiger partial charge in [0.05, 0.1) is 19.1 Å². The Morgan fingerprint density at radius 1 is 1.16 bits per heavy atom. The van der Waals surface area contributed by atoms with Gasteiger partial charge >= 0.3 is 5.97 Å². The first kappa shape index (κ1) is 18.9. The highest BCUT2D eigenvalue weighted by Crippen LogP contribution is 2.21. The Morgan fingerprint density at radius 2 is 1.80 bits per heavy atom. The van der Waals surface area contributed by atoms with Crippen molar-refractivity contribution in [3.8, 4) is 0 Å². The van der Waals surface area contributed by atoms with Crippen molar-refractivity contribution < 1.29 is 19.1 Å². The quantitative estimate of drug-likeness (QED) is 0.757. The molecule has 0 radical (unpaired) electrons. The number of ether oxygens (including phenoxy) is 1. The fourth-order valence-corrected chi connectivity index (χ4v) is 2.82. The molecule has 0 aromatic heterocycles. The highest BCUT2D eigenvalue weighted by molar-refractivity contribution is 5.96.